The summed E-state index contributed by atoms with van der Waals surface area (Å²) in [7, 11) is 0. The van der Waals surface area contributed by atoms with Gasteiger partial charge in [-0.2, -0.15) is 18.2 Å². The number of carbonyl (C=O) groups excluding carboxylic acids is 1. The first-order valence-corrected chi connectivity index (χ1v) is 10.7. The molecule has 0 bridgehead atoms. The zero-order valence-electron chi connectivity index (χ0n) is 14.7. The normalized spacial score (nSPS) is 14.1. The summed E-state index contributed by atoms with van der Waals surface area (Å²) in [6.45, 7) is 0.975. The number of fused-ring (bicyclic) bond motifs is 1. The summed E-state index contributed by atoms with van der Waals surface area (Å²) >= 11 is 8.62. The molecule has 1 aromatic carbocycles. The van der Waals surface area contributed by atoms with Crippen LogP contribution >= 0.6 is 34.7 Å². The van der Waals surface area contributed by atoms with Crippen LogP contribution in [0, 0.1) is 0 Å². The van der Waals surface area contributed by atoms with Crippen molar-refractivity contribution < 1.29 is 22.5 Å². The van der Waals surface area contributed by atoms with Crippen LogP contribution in [-0.2, 0) is 23.9 Å². The fourth-order valence-corrected chi connectivity index (χ4v) is 4.88. The van der Waals surface area contributed by atoms with Gasteiger partial charge in [0.05, 0.1) is 10.6 Å². The molecule has 0 radical (unpaired) electrons. The summed E-state index contributed by atoms with van der Waals surface area (Å²) in [6, 6.07) is 9.00. The first-order chi connectivity index (χ1) is 13.8. The Morgan fingerprint density at radius 2 is 2.07 bits per heavy atom. The Labute approximate surface area is 176 Å². The Balaban J connectivity index is 1.41. The molecule has 3 heterocycles. The molecule has 0 unspecified atom stereocenters. The van der Waals surface area contributed by atoms with Gasteiger partial charge in [0.15, 0.2) is 0 Å². The van der Waals surface area contributed by atoms with E-state index in [9.17, 15) is 18.0 Å². The van der Waals surface area contributed by atoms with Crippen LogP contribution in [0.2, 0.25) is 5.02 Å². The van der Waals surface area contributed by atoms with E-state index < -0.39 is 12.1 Å². The molecular weight excluding hydrogens is 447 g/mol. The maximum atomic E-state index is 12.7. The smallest absolute Gasteiger partial charge is 0.337 e. The molecule has 29 heavy (non-hydrogen) atoms. The van der Waals surface area contributed by atoms with Crippen molar-refractivity contribution in [2.45, 2.75) is 24.0 Å². The predicted octanol–water partition coefficient (Wildman–Crippen LogP) is 5.15. The second-order valence-corrected chi connectivity index (χ2v) is 8.91. The fraction of sp³-hybridized carbons (Fsp3) is 0.278. The van der Waals surface area contributed by atoms with Crippen molar-refractivity contribution >= 4 is 40.6 Å². The Kier molecular flexibility index (Phi) is 5.58. The Morgan fingerprint density at radius 1 is 1.31 bits per heavy atom. The van der Waals surface area contributed by atoms with E-state index in [0.717, 1.165) is 15.3 Å². The van der Waals surface area contributed by atoms with Crippen LogP contribution in [0.25, 0.3) is 10.7 Å². The zero-order valence-corrected chi connectivity index (χ0v) is 17.1. The number of thioether (sulfide) groups is 1. The Bertz CT molecular complexity index is 1030. The second kappa shape index (κ2) is 8.00. The van der Waals surface area contributed by atoms with E-state index in [1.165, 1.54) is 23.1 Å². The summed E-state index contributed by atoms with van der Waals surface area (Å²) in [6.07, 6.45) is -4.03. The van der Waals surface area contributed by atoms with E-state index in [1.54, 1.807) is 23.1 Å². The van der Waals surface area contributed by atoms with Gasteiger partial charge in [0, 0.05) is 27.9 Å². The van der Waals surface area contributed by atoms with E-state index >= 15 is 0 Å². The van der Waals surface area contributed by atoms with Crippen molar-refractivity contribution in [2.24, 2.45) is 0 Å². The van der Waals surface area contributed by atoms with Crippen LogP contribution < -0.4 is 0 Å². The van der Waals surface area contributed by atoms with Crippen LogP contribution in [0.3, 0.4) is 0 Å². The lowest BCUT2D eigenvalue weighted by Gasteiger charge is -2.26. The van der Waals surface area contributed by atoms with Gasteiger partial charge in [0.25, 0.3) is 0 Å². The molecule has 0 spiro atoms. The lowest BCUT2D eigenvalue weighted by atomic mass is 10.1. The molecule has 11 heteroatoms. The molecule has 1 aliphatic rings. The standard InChI is InChI=1S/C18H13ClF3N3O2S2/c19-11-1-3-12(4-2-11)28-9-15(26)25-6-5-13-10(8-25)7-14(29-13)16-23-17(27-24-16)18(20,21)22/h1-4,7H,5-6,8-9H2. The average Bonchev–Trinajstić information content (AvgIpc) is 3.33. The number of benzene rings is 1. The Hall–Kier alpha value is -2.04. The molecule has 0 N–H and O–H groups in total. The van der Waals surface area contributed by atoms with Gasteiger partial charge in [-0.15, -0.1) is 23.1 Å². The number of carbonyl (C=O) groups is 1. The average molecular weight is 460 g/mol. The molecule has 0 aliphatic carbocycles. The van der Waals surface area contributed by atoms with Gasteiger partial charge in [-0.05, 0) is 42.3 Å². The highest BCUT2D eigenvalue weighted by atomic mass is 35.5. The molecule has 0 saturated carbocycles. The summed E-state index contributed by atoms with van der Waals surface area (Å²) in [5, 5.41) is 4.07. The summed E-state index contributed by atoms with van der Waals surface area (Å²) < 4.78 is 42.3. The molecule has 152 valence electrons. The molecule has 1 amide bonds. The fourth-order valence-electron chi connectivity index (χ4n) is 2.86. The molecule has 0 fully saturated rings. The predicted molar refractivity (Wildman–Crippen MR) is 104 cm³/mol. The molecule has 0 saturated heterocycles. The maximum Gasteiger partial charge on any atom is 0.471 e. The third-order valence-corrected chi connectivity index (χ3v) is 6.77. The van der Waals surface area contributed by atoms with Gasteiger partial charge in [0.2, 0.25) is 11.7 Å². The van der Waals surface area contributed by atoms with Crippen LogP contribution in [0.4, 0.5) is 13.2 Å². The highest BCUT2D eigenvalue weighted by Gasteiger charge is 2.38. The van der Waals surface area contributed by atoms with Gasteiger partial charge in [-0.3, -0.25) is 4.79 Å². The second-order valence-electron chi connectivity index (χ2n) is 6.29. The number of nitrogens with zero attached hydrogens (tertiary/aromatic N) is 3. The van der Waals surface area contributed by atoms with E-state index in [-0.39, 0.29) is 11.7 Å². The largest absolute Gasteiger partial charge is 0.471 e. The number of alkyl halides is 3. The topological polar surface area (TPSA) is 59.2 Å². The molecule has 3 aromatic rings. The van der Waals surface area contributed by atoms with Crippen LogP contribution in [-0.4, -0.2) is 33.2 Å². The number of rotatable bonds is 4. The molecule has 4 rings (SSSR count). The highest BCUT2D eigenvalue weighted by molar-refractivity contribution is 8.00. The SMILES string of the molecule is O=C(CSc1ccc(Cl)cc1)N1CCc2sc(-c3noc(C(F)(F)F)n3)cc2C1. The third-order valence-electron chi connectivity index (χ3n) is 4.28. The quantitative estimate of drug-likeness (QED) is 0.505. The first-order valence-electron chi connectivity index (χ1n) is 8.48. The van der Waals surface area contributed by atoms with Crippen molar-refractivity contribution in [3.8, 4) is 10.7 Å². The highest BCUT2D eigenvalue weighted by Crippen LogP contribution is 2.35. The van der Waals surface area contributed by atoms with Gasteiger partial charge in [0.1, 0.15) is 0 Å². The van der Waals surface area contributed by atoms with Crippen molar-refractivity contribution in [3.63, 3.8) is 0 Å². The van der Waals surface area contributed by atoms with Crippen molar-refractivity contribution in [3.05, 3.63) is 51.7 Å². The number of aromatic nitrogens is 2. The number of halogens is 4. The number of hydrogen-bond acceptors (Lipinski definition) is 6. The van der Waals surface area contributed by atoms with Crippen LogP contribution in [0.5, 0.6) is 0 Å². The van der Waals surface area contributed by atoms with E-state index in [4.69, 9.17) is 11.6 Å². The van der Waals surface area contributed by atoms with Crippen molar-refractivity contribution in [2.75, 3.05) is 12.3 Å². The Morgan fingerprint density at radius 3 is 2.76 bits per heavy atom. The molecule has 5 nitrogen and oxygen atoms in total. The van der Waals surface area contributed by atoms with Crippen LogP contribution in [0.15, 0.2) is 39.8 Å². The minimum absolute atomic E-state index is 0.00210. The lowest BCUT2D eigenvalue weighted by molar-refractivity contribution is -0.159. The summed E-state index contributed by atoms with van der Waals surface area (Å²) in [5.74, 6) is -1.15. The maximum absolute atomic E-state index is 12.7. The first kappa shape index (κ1) is 20.2. The van der Waals surface area contributed by atoms with E-state index in [1.807, 2.05) is 12.1 Å². The van der Waals surface area contributed by atoms with Gasteiger partial charge < -0.3 is 9.42 Å². The molecule has 1 aliphatic heterocycles. The molecule has 2 aromatic heterocycles. The van der Waals surface area contributed by atoms with Gasteiger partial charge in [-0.25, -0.2) is 0 Å². The number of hydrogen-bond donors (Lipinski definition) is 0. The molecular formula is C18H13ClF3N3O2S2. The minimum Gasteiger partial charge on any atom is -0.337 e. The van der Waals surface area contributed by atoms with Crippen molar-refractivity contribution in [1.82, 2.24) is 15.0 Å². The third kappa shape index (κ3) is 4.59. The van der Waals surface area contributed by atoms with Gasteiger partial charge in [-0.1, -0.05) is 16.8 Å². The monoisotopic (exact) mass is 459 g/mol. The molecule has 0 atom stereocenters. The summed E-state index contributed by atoms with van der Waals surface area (Å²) in [4.78, 5) is 20.2. The van der Waals surface area contributed by atoms with Crippen molar-refractivity contribution in [1.29, 1.82) is 0 Å². The zero-order chi connectivity index (χ0) is 20.6. The summed E-state index contributed by atoms with van der Waals surface area (Å²) in [5.41, 5.74) is 0.902. The number of thiophene rings is 1. The lowest BCUT2D eigenvalue weighted by Crippen LogP contribution is -2.36. The van der Waals surface area contributed by atoms with Crippen LogP contribution in [0.1, 0.15) is 16.3 Å². The minimum atomic E-state index is -4.67. The number of amides is 1. The van der Waals surface area contributed by atoms with E-state index in [0.29, 0.717) is 35.2 Å². The van der Waals surface area contributed by atoms with Gasteiger partial charge >= 0.3 is 12.1 Å². The van der Waals surface area contributed by atoms with E-state index in [2.05, 4.69) is 14.7 Å².